The first kappa shape index (κ1) is 15.0. The molecule has 1 aromatic rings. The van der Waals surface area contributed by atoms with E-state index in [1.165, 1.54) is 18.4 Å². The number of nitrogens with one attached hydrogen (secondary N) is 1. The summed E-state index contributed by atoms with van der Waals surface area (Å²) in [6.45, 7) is 7.47. The lowest BCUT2D eigenvalue weighted by Crippen LogP contribution is -2.15. The van der Waals surface area contributed by atoms with Gasteiger partial charge in [0, 0.05) is 6.04 Å². The van der Waals surface area contributed by atoms with Crippen LogP contribution < -0.4 is 10.1 Å². The summed E-state index contributed by atoms with van der Waals surface area (Å²) in [4.78, 5) is 0. The highest BCUT2D eigenvalue weighted by molar-refractivity contribution is 5.30. The second-order valence-corrected chi connectivity index (χ2v) is 5.03. The molecule has 1 N–H and O–H groups in total. The molecular formula is C16H27NO. The summed E-state index contributed by atoms with van der Waals surface area (Å²) < 4.78 is 5.87. The van der Waals surface area contributed by atoms with Crippen LogP contribution in [0.5, 0.6) is 5.75 Å². The third kappa shape index (κ3) is 4.69. The SMILES string of the molecule is CCCC(C)COc1cccc(C(CC)NC)c1. The van der Waals surface area contributed by atoms with Crippen molar-refractivity contribution in [3.05, 3.63) is 29.8 Å². The molecule has 2 nitrogen and oxygen atoms in total. The first-order chi connectivity index (χ1) is 8.71. The molecule has 1 rings (SSSR count). The van der Waals surface area contributed by atoms with E-state index in [2.05, 4.69) is 44.3 Å². The molecule has 0 saturated heterocycles. The lowest BCUT2D eigenvalue weighted by atomic mass is 10.0. The Kier molecular flexibility index (Phi) is 6.81. The lowest BCUT2D eigenvalue weighted by molar-refractivity contribution is 0.251. The molecule has 0 aliphatic rings. The van der Waals surface area contributed by atoms with Crippen LogP contribution in [-0.4, -0.2) is 13.7 Å². The zero-order valence-electron chi connectivity index (χ0n) is 12.2. The third-order valence-electron chi connectivity index (χ3n) is 3.33. The molecule has 0 fully saturated rings. The van der Waals surface area contributed by atoms with Crippen molar-refractivity contribution in [2.45, 2.75) is 46.1 Å². The molecular weight excluding hydrogens is 222 g/mol. The van der Waals surface area contributed by atoms with E-state index in [1.807, 2.05) is 13.1 Å². The molecule has 18 heavy (non-hydrogen) atoms. The number of hydrogen-bond donors (Lipinski definition) is 1. The third-order valence-corrected chi connectivity index (χ3v) is 3.33. The zero-order chi connectivity index (χ0) is 13.4. The van der Waals surface area contributed by atoms with Crippen LogP contribution in [-0.2, 0) is 0 Å². The average Bonchev–Trinajstić information content (AvgIpc) is 2.39. The van der Waals surface area contributed by atoms with Gasteiger partial charge in [0.05, 0.1) is 6.61 Å². The first-order valence-electron chi connectivity index (χ1n) is 7.11. The van der Waals surface area contributed by atoms with Crippen LogP contribution in [0.2, 0.25) is 0 Å². The Balaban J connectivity index is 2.59. The highest BCUT2D eigenvalue weighted by Gasteiger charge is 2.08. The molecule has 0 amide bonds. The fraction of sp³-hybridized carbons (Fsp3) is 0.625. The van der Waals surface area contributed by atoms with E-state index in [-0.39, 0.29) is 0 Å². The highest BCUT2D eigenvalue weighted by Crippen LogP contribution is 2.22. The summed E-state index contributed by atoms with van der Waals surface area (Å²) in [5.41, 5.74) is 1.31. The fourth-order valence-electron chi connectivity index (χ4n) is 2.24. The summed E-state index contributed by atoms with van der Waals surface area (Å²) in [6, 6.07) is 8.86. The van der Waals surface area contributed by atoms with E-state index < -0.39 is 0 Å². The smallest absolute Gasteiger partial charge is 0.119 e. The van der Waals surface area contributed by atoms with Crippen molar-refractivity contribution in [3.8, 4) is 5.75 Å². The molecule has 0 heterocycles. The van der Waals surface area contributed by atoms with Gasteiger partial charge in [-0.25, -0.2) is 0 Å². The predicted molar refractivity (Wildman–Crippen MR) is 78.1 cm³/mol. The van der Waals surface area contributed by atoms with E-state index in [1.54, 1.807) is 0 Å². The molecule has 0 aliphatic heterocycles. The molecule has 2 heteroatoms. The largest absolute Gasteiger partial charge is 0.493 e. The lowest BCUT2D eigenvalue weighted by Gasteiger charge is -2.16. The van der Waals surface area contributed by atoms with E-state index in [0.717, 1.165) is 18.8 Å². The summed E-state index contributed by atoms with van der Waals surface area (Å²) in [6.07, 6.45) is 3.54. The fourth-order valence-corrected chi connectivity index (χ4v) is 2.24. The Labute approximate surface area is 112 Å². The highest BCUT2D eigenvalue weighted by atomic mass is 16.5. The van der Waals surface area contributed by atoms with Crippen molar-refractivity contribution in [1.82, 2.24) is 5.32 Å². The second-order valence-electron chi connectivity index (χ2n) is 5.03. The van der Waals surface area contributed by atoms with Crippen LogP contribution in [0.3, 0.4) is 0 Å². The van der Waals surface area contributed by atoms with Gasteiger partial charge in [-0.05, 0) is 43.5 Å². The Hall–Kier alpha value is -1.02. The van der Waals surface area contributed by atoms with E-state index in [9.17, 15) is 0 Å². The average molecular weight is 249 g/mol. The zero-order valence-corrected chi connectivity index (χ0v) is 12.2. The van der Waals surface area contributed by atoms with Gasteiger partial charge in [-0.15, -0.1) is 0 Å². The molecule has 0 aromatic heterocycles. The Morgan fingerprint density at radius 1 is 1.28 bits per heavy atom. The van der Waals surface area contributed by atoms with Crippen LogP contribution in [0.15, 0.2) is 24.3 Å². The maximum absolute atomic E-state index is 5.87. The van der Waals surface area contributed by atoms with Crippen molar-refractivity contribution < 1.29 is 4.74 Å². The van der Waals surface area contributed by atoms with Crippen LogP contribution >= 0.6 is 0 Å². The summed E-state index contributed by atoms with van der Waals surface area (Å²) in [7, 11) is 2.00. The predicted octanol–water partition coefficient (Wildman–Crippen LogP) is 4.17. The summed E-state index contributed by atoms with van der Waals surface area (Å²) >= 11 is 0. The summed E-state index contributed by atoms with van der Waals surface area (Å²) in [5.74, 6) is 1.62. The van der Waals surface area contributed by atoms with Gasteiger partial charge in [-0.1, -0.05) is 39.3 Å². The standard InChI is InChI=1S/C16H27NO/c1-5-8-13(3)12-18-15-10-7-9-14(11-15)16(6-2)17-4/h7,9-11,13,16-17H,5-6,8,12H2,1-4H3. The Morgan fingerprint density at radius 2 is 2.06 bits per heavy atom. The maximum atomic E-state index is 5.87. The van der Waals surface area contributed by atoms with Gasteiger partial charge in [-0.3, -0.25) is 0 Å². The van der Waals surface area contributed by atoms with Gasteiger partial charge in [0.1, 0.15) is 5.75 Å². The van der Waals surface area contributed by atoms with Crippen molar-refractivity contribution in [1.29, 1.82) is 0 Å². The number of hydrogen-bond acceptors (Lipinski definition) is 2. The van der Waals surface area contributed by atoms with Gasteiger partial charge in [0.15, 0.2) is 0 Å². The molecule has 0 radical (unpaired) electrons. The van der Waals surface area contributed by atoms with Gasteiger partial charge in [-0.2, -0.15) is 0 Å². The monoisotopic (exact) mass is 249 g/mol. The molecule has 0 saturated carbocycles. The number of rotatable bonds is 8. The van der Waals surface area contributed by atoms with E-state index >= 15 is 0 Å². The van der Waals surface area contributed by atoms with Gasteiger partial charge >= 0.3 is 0 Å². The Bertz CT molecular complexity index is 334. The molecule has 0 aliphatic carbocycles. The van der Waals surface area contributed by atoms with Crippen LogP contribution in [0, 0.1) is 5.92 Å². The van der Waals surface area contributed by atoms with Crippen molar-refractivity contribution in [2.75, 3.05) is 13.7 Å². The minimum Gasteiger partial charge on any atom is -0.493 e. The number of benzene rings is 1. The number of ether oxygens (including phenoxy) is 1. The van der Waals surface area contributed by atoms with Crippen molar-refractivity contribution in [2.24, 2.45) is 5.92 Å². The van der Waals surface area contributed by atoms with E-state index in [0.29, 0.717) is 12.0 Å². The molecule has 0 bridgehead atoms. The van der Waals surface area contributed by atoms with Crippen molar-refractivity contribution >= 4 is 0 Å². The van der Waals surface area contributed by atoms with Crippen molar-refractivity contribution in [3.63, 3.8) is 0 Å². The Morgan fingerprint density at radius 3 is 2.67 bits per heavy atom. The quantitative estimate of drug-likeness (QED) is 0.746. The second kappa shape index (κ2) is 8.15. The molecule has 2 unspecified atom stereocenters. The van der Waals surface area contributed by atoms with Gasteiger partial charge in [0.25, 0.3) is 0 Å². The molecule has 0 spiro atoms. The normalized spacial score (nSPS) is 14.2. The van der Waals surface area contributed by atoms with Gasteiger partial charge in [0.2, 0.25) is 0 Å². The molecule has 102 valence electrons. The minimum atomic E-state index is 0.418. The van der Waals surface area contributed by atoms with E-state index in [4.69, 9.17) is 4.74 Å². The topological polar surface area (TPSA) is 21.3 Å². The van der Waals surface area contributed by atoms with Crippen LogP contribution in [0.1, 0.15) is 51.6 Å². The summed E-state index contributed by atoms with van der Waals surface area (Å²) in [5, 5.41) is 3.32. The minimum absolute atomic E-state index is 0.418. The van der Waals surface area contributed by atoms with Crippen LogP contribution in [0.4, 0.5) is 0 Å². The molecule has 1 aromatic carbocycles. The molecule has 2 atom stereocenters. The van der Waals surface area contributed by atoms with Crippen LogP contribution in [0.25, 0.3) is 0 Å². The first-order valence-corrected chi connectivity index (χ1v) is 7.11. The van der Waals surface area contributed by atoms with Gasteiger partial charge < -0.3 is 10.1 Å². The maximum Gasteiger partial charge on any atom is 0.119 e.